The SMILES string of the molecule is Cc1ccccc1COC(=O)[C@]12CCC(C)(C)C[C@H]1C1=CC[C@@H]3[C@@]4(C)Cc5nccnc5[C@@](C)(CO)[C@@H]4CC[C@@]3(C)[C@]1(C)CC2. The van der Waals surface area contributed by atoms with E-state index < -0.39 is 10.8 Å². The lowest BCUT2D eigenvalue weighted by Crippen LogP contribution is -2.65. The highest BCUT2D eigenvalue weighted by atomic mass is 16.5. The molecule has 3 fully saturated rings. The molecule has 0 bridgehead atoms. The second-order valence-electron chi connectivity index (χ2n) is 17.5. The Bertz CT molecular complexity index is 1550. The number of hydrogen-bond donors (Lipinski definition) is 1. The van der Waals surface area contributed by atoms with E-state index in [1.807, 2.05) is 18.3 Å². The number of rotatable bonds is 4. The number of allylic oxidation sites excluding steroid dienone is 2. The van der Waals surface area contributed by atoms with Crippen molar-refractivity contribution in [1.29, 1.82) is 0 Å². The van der Waals surface area contributed by atoms with Crippen molar-refractivity contribution < 1.29 is 14.6 Å². The van der Waals surface area contributed by atoms with E-state index in [4.69, 9.17) is 14.7 Å². The van der Waals surface area contributed by atoms with E-state index >= 15 is 0 Å². The standard InChI is InChI=1S/C40H54N2O3/c1-26-10-8-9-11-27(26)24-45-34(44)40-18-16-35(2,3)22-29(40)28-12-13-32-36(4)23-30-33(42-21-20-41-30)37(5,25-43)31(36)14-15-39(32,7)38(28,6)17-19-40/h8-12,20-21,29,31-32,43H,13-19,22-25H2,1-7H3/t29-,31+,32+,36-,37-,38+,39+,40-/m0/s1. The normalized spacial score (nSPS) is 41.3. The largest absolute Gasteiger partial charge is 0.460 e. The van der Waals surface area contributed by atoms with Gasteiger partial charge in [-0.15, -0.1) is 0 Å². The minimum atomic E-state index is -0.442. The summed E-state index contributed by atoms with van der Waals surface area (Å²) in [6, 6.07) is 8.26. The Morgan fingerprint density at radius 1 is 0.956 bits per heavy atom. The van der Waals surface area contributed by atoms with E-state index in [1.165, 1.54) is 5.56 Å². The third kappa shape index (κ3) is 4.24. The molecule has 1 aromatic heterocycles. The molecule has 0 radical (unpaired) electrons. The monoisotopic (exact) mass is 610 g/mol. The summed E-state index contributed by atoms with van der Waals surface area (Å²) in [4.78, 5) is 24.0. The number of aromatic nitrogens is 2. The van der Waals surface area contributed by atoms with E-state index in [0.29, 0.717) is 18.4 Å². The van der Waals surface area contributed by atoms with Gasteiger partial charge >= 0.3 is 5.97 Å². The second-order valence-corrected chi connectivity index (χ2v) is 17.5. The number of ether oxygens (including phenoxy) is 1. The lowest BCUT2D eigenvalue weighted by atomic mass is 9.33. The van der Waals surface area contributed by atoms with Gasteiger partial charge in [0.25, 0.3) is 0 Å². The summed E-state index contributed by atoms with van der Waals surface area (Å²) in [6.07, 6.45) is 15.3. The van der Waals surface area contributed by atoms with Crippen molar-refractivity contribution in [3.8, 4) is 0 Å². The second kappa shape index (κ2) is 10.2. The molecule has 0 amide bonds. The van der Waals surface area contributed by atoms with E-state index in [1.54, 1.807) is 11.8 Å². The Hall–Kier alpha value is -2.53. The van der Waals surface area contributed by atoms with Gasteiger partial charge in [-0.3, -0.25) is 14.8 Å². The van der Waals surface area contributed by atoms with Gasteiger partial charge in [-0.1, -0.05) is 77.5 Å². The van der Waals surface area contributed by atoms with Gasteiger partial charge in [0.2, 0.25) is 0 Å². The molecular formula is C40H54N2O3. The van der Waals surface area contributed by atoms with Crippen LogP contribution in [0.1, 0.15) is 115 Å². The lowest BCUT2D eigenvalue weighted by molar-refractivity contribution is -0.184. The number of aliphatic hydroxyl groups is 1. The van der Waals surface area contributed by atoms with Crippen LogP contribution < -0.4 is 0 Å². The van der Waals surface area contributed by atoms with Crippen LogP contribution in [0.3, 0.4) is 0 Å². The number of aryl methyl sites for hydroxylation is 1. The maximum Gasteiger partial charge on any atom is 0.313 e. The number of esters is 1. The average Bonchev–Trinajstić information content (AvgIpc) is 3.00. The van der Waals surface area contributed by atoms with E-state index in [-0.39, 0.29) is 40.2 Å². The molecule has 0 unspecified atom stereocenters. The molecule has 3 saturated carbocycles. The van der Waals surface area contributed by atoms with Gasteiger partial charge in [-0.25, -0.2) is 0 Å². The highest BCUT2D eigenvalue weighted by Crippen LogP contribution is 2.75. The van der Waals surface area contributed by atoms with Crippen molar-refractivity contribution in [2.75, 3.05) is 6.61 Å². The van der Waals surface area contributed by atoms with Crippen LogP contribution in [0, 0.1) is 51.8 Å². The molecule has 242 valence electrons. The molecule has 0 spiro atoms. The minimum Gasteiger partial charge on any atom is -0.460 e. The molecule has 5 aliphatic rings. The Balaban J connectivity index is 1.27. The summed E-state index contributed by atoms with van der Waals surface area (Å²) in [7, 11) is 0. The van der Waals surface area contributed by atoms with E-state index in [9.17, 15) is 9.90 Å². The fourth-order valence-corrected chi connectivity index (χ4v) is 12.0. The summed E-state index contributed by atoms with van der Waals surface area (Å²) >= 11 is 0. The number of aliphatic hydroxyl groups excluding tert-OH is 1. The smallest absolute Gasteiger partial charge is 0.313 e. The first-order chi connectivity index (χ1) is 21.2. The molecule has 8 atom stereocenters. The first-order valence-electron chi connectivity index (χ1n) is 17.6. The van der Waals surface area contributed by atoms with Crippen LogP contribution >= 0.6 is 0 Å². The van der Waals surface area contributed by atoms with Crippen LogP contribution in [0.15, 0.2) is 48.3 Å². The quantitative estimate of drug-likeness (QED) is 0.278. The van der Waals surface area contributed by atoms with Crippen molar-refractivity contribution >= 4 is 5.97 Å². The van der Waals surface area contributed by atoms with Crippen molar-refractivity contribution in [1.82, 2.24) is 9.97 Å². The van der Waals surface area contributed by atoms with Crippen LogP contribution in [0.4, 0.5) is 0 Å². The summed E-state index contributed by atoms with van der Waals surface area (Å²) in [5.74, 6) is 1.06. The number of carbonyl (C=O) groups excluding carboxylic acids is 1. The van der Waals surface area contributed by atoms with Crippen LogP contribution in [0.5, 0.6) is 0 Å². The summed E-state index contributed by atoms with van der Waals surface area (Å²) in [5, 5.41) is 10.9. The van der Waals surface area contributed by atoms with Gasteiger partial charge in [0, 0.05) is 17.8 Å². The molecule has 2 aromatic rings. The predicted molar refractivity (Wildman–Crippen MR) is 177 cm³/mol. The van der Waals surface area contributed by atoms with Crippen molar-refractivity contribution in [3.05, 3.63) is 70.8 Å². The molecule has 5 heteroatoms. The van der Waals surface area contributed by atoms with Gasteiger partial charge < -0.3 is 9.84 Å². The topological polar surface area (TPSA) is 72.3 Å². The average molecular weight is 611 g/mol. The molecule has 1 N–H and O–H groups in total. The zero-order chi connectivity index (χ0) is 32.0. The van der Waals surface area contributed by atoms with Gasteiger partial charge in [0.15, 0.2) is 0 Å². The Labute approximate surface area is 270 Å². The summed E-state index contributed by atoms with van der Waals surface area (Å²) in [6.45, 7) is 17.2. The van der Waals surface area contributed by atoms with Crippen LogP contribution in [0.25, 0.3) is 0 Å². The molecule has 5 nitrogen and oxygen atoms in total. The predicted octanol–water partition coefficient (Wildman–Crippen LogP) is 8.32. The number of fused-ring (bicyclic) bond motifs is 8. The zero-order valence-corrected chi connectivity index (χ0v) is 28.7. The highest BCUT2D eigenvalue weighted by Gasteiger charge is 2.69. The maximum atomic E-state index is 14.4. The Morgan fingerprint density at radius 2 is 1.69 bits per heavy atom. The Morgan fingerprint density at radius 3 is 2.44 bits per heavy atom. The van der Waals surface area contributed by atoms with Gasteiger partial charge in [-0.05, 0) is 115 Å². The number of carbonyl (C=O) groups is 1. The van der Waals surface area contributed by atoms with Crippen molar-refractivity contribution in [3.63, 3.8) is 0 Å². The molecule has 45 heavy (non-hydrogen) atoms. The molecule has 1 aromatic carbocycles. The fraction of sp³-hybridized carbons (Fsp3) is 0.675. The molecule has 0 saturated heterocycles. The first kappa shape index (κ1) is 31.1. The lowest BCUT2D eigenvalue weighted by Gasteiger charge is -2.70. The fourth-order valence-electron chi connectivity index (χ4n) is 12.0. The zero-order valence-electron chi connectivity index (χ0n) is 28.7. The molecular weight excluding hydrogens is 556 g/mol. The van der Waals surface area contributed by atoms with Crippen LogP contribution in [-0.4, -0.2) is 27.7 Å². The van der Waals surface area contributed by atoms with E-state index in [2.05, 4.69) is 66.7 Å². The summed E-state index contributed by atoms with van der Waals surface area (Å²) in [5.41, 5.74) is 5.38. The van der Waals surface area contributed by atoms with Gasteiger partial charge in [-0.2, -0.15) is 0 Å². The molecule has 5 aliphatic carbocycles. The molecule has 0 aliphatic heterocycles. The molecule has 1 heterocycles. The minimum absolute atomic E-state index is 0.00536. The first-order valence-corrected chi connectivity index (χ1v) is 17.6. The summed E-state index contributed by atoms with van der Waals surface area (Å²) < 4.78 is 6.27. The number of benzene rings is 1. The van der Waals surface area contributed by atoms with Crippen LogP contribution in [-0.2, 0) is 28.0 Å². The highest BCUT2D eigenvalue weighted by molar-refractivity contribution is 5.79. The van der Waals surface area contributed by atoms with Gasteiger partial charge in [0.1, 0.15) is 6.61 Å². The maximum absolute atomic E-state index is 14.4. The third-order valence-electron chi connectivity index (χ3n) is 14.9. The Kier molecular flexibility index (Phi) is 7.07. The van der Waals surface area contributed by atoms with Gasteiger partial charge in [0.05, 0.1) is 23.4 Å². The van der Waals surface area contributed by atoms with Crippen molar-refractivity contribution in [2.24, 2.45) is 44.8 Å². The number of nitrogens with zero attached hydrogens (tertiary/aromatic N) is 2. The third-order valence-corrected chi connectivity index (χ3v) is 14.9. The molecule has 7 rings (SSSR count). The van der Waals surface area contributed by atoms with Crippen LogP contribution in [0.2, 0.25) is 0 Å². The van der Waals surface area contributed by atoms with Crippen molar-refractivity contribution in [2.45, 2.75) is 118 Å². The van der Waals surface area contributed by atoms with E-state index in [0.717, 1.165) is 74.7 Å². The number of hydrogen-bond acceptors (Lipinski definition) is 5.